The van der Waals surface area contributed by atoms with Gasteiger partial charge in [0.2, 0.25) is 5.13 Å². The van der Waals surface area contributed by atoms with E-state index in [2.05, 4.69) is 15.5 Å². The zero-order chi connectivity index (χ0) is 18.5. The normalized spacial score (nSPS) is 11.7. The molecule has 0 radical (unpaired) electrons. The molecular weight excluding hydrogens is 374 g/mol. The van der Waals surface area contributed by atoms with Gasteiger partial charge in [-0.15, -0.1) is 10.2 Å². The van der Waals surface area contributed by atoms with Crippen LogP contribution in [0.25, 0.3) is 10.6 Å². The molecule has 8 heteroatoms. The lowest BCUT2D eigenvalue weighted by Crippen LogP contribution is -2.30. The van der Waals surface area contributed by atoms with Crippen molar-refractivity contribution >= 4 is 34.0 Å². The monoisotopic (exact) mass is 389 g/mol. The van der Waals surface area contributed by atoms with Crippen molar-refractivity contribution in [2.75, 3.05) is 12.4 Å². The van der Waals surface area contributed by atoms with Crippen molar-refractivity contribution in [1.29, 1.82) is 0 Å². The molecule has 0 aliphatic rings. The average Bonchev–Trinajstić information content (AvgIpc) is 3.10. The van der Waals surface area contributed by atoms with Gasteiger partial charge >= 0.3 is 0 Å². The summed E-state index contributed by atoms with van der Waals surface area (Å²) in [5, 5.41) is 12.5. The fourth-order valence-electron chi connectivity index (χ4n) is 2.13. The number of hydrogen-bond acceptors (Lipinski definition) is 6. The SMILES string of the molecule is COc1ccc(-c2nnc(NC(=O)C(C)Oc3cccc(Cl)c3)s2)cc1. The van der Waals surface area contributed by atoms with Crippen LogP contribution in [0.5, 0.6) is 11.5 Å². The number of nitrogens with zero attached hydrogens (tertiary/aromatic N) is 2. The highest BCUT2D eigenvalue weighted by molar-refractivity contribution is 7.18. The van der Waals surface area contributed by atoms with Crippen LogP contribution in [0.3, 0.4) is 0 Å². The van der Waals surface area contributed by atoms with Gasteiger partial charge in [-0.2, -0.15) is 0 Å². The Labute approximate surface area is 159 Å². The minimum Gasteiger partial charge on any atom is -0.497 e. The number of rotatable bonds is 6. The smallest absolute Gasteiger partial charge is 0.266 e. The molecule has 0 aliphatic heterocycles. The first-order valence-corrected chi connectivity index (χ1v) is 8.95. The lowest BCUT2D eigenvalue weighted by atomic mass is 10.2. The molecule has 0 fully saturated rings. The molecule has 3 rings (SSSR count). The lowest BCUT2D eigenvalue weighted by molar-refractivity contribution is -0.122. The summed E-state index contributed by atoms with van der Waals surface area (Å²) in [7, 11) is 1.61. The Morgan fingerprint density at radius 1 is 1.15 bits per heavy atom. The van der Waals surface area contributed by atoms with Gasteiger partial charge < -0.3 is 9.47 Å². The molecule has 1 heterocycles. The maximum absolute atomic E-state index is 12.3. The highest BCUT2D eigenvalue weighted by Gasteiger charge is 2.17. The molecule has 0 spiro atoms. The number of benzene rings is 2. The maximum atomic E-state index is 12.3. The predicted molar refractivity (Wildman–Crippen MR) is 102 cm³/mol. The first kappa shape index (κ1) is 18.2. The average molecular weight is 390 g/mol. The van der Waals surface area contributed by atoms with Gasteiger partial charge in [0, 0.05) is 10.6 Å². The van der Waals surface area contributed by atoms with Gasteiger partial charge in [0.1, 0.15) is 16.5 Å². The van der Waals surface area contributed by atoms with Gasteiger partial charge in [-0.1, -0.05) is 29.0 Å². The molecule has 6 nitrogen and oxygen atoms in total. The Kier molecular flexibility index (Phi) is 5.70. The lowest BCUT2D eigenvalue weighted by Gasteiger charge is -2.13. The Morgan fingerprint density at radius 2 is 1.92 bits per heavy atom. The minimum absolute atomic E-state index is 0.317. The number of carbonyl (C=O) groups excluding carboxylic acids is 1. The van der Waals surface area contributed by atoms with Crippen LogP contribution in [-0.4, -0.2) is 29.3 Å². The summed E-state index contributed by atoms with van der Waals surface area (Å²) in [6.45, 7) is 1.65. The molecule has 134 valence electrons. The zero-order valence-corrected chi connectivity index (χ0v) is 15.7. The van der Waals surface area contributed by atoms with Crippen LogP contribution in [0.4, 0.5) is 5.13 Å². The molecule has 0 saturated carbocycles. The van der Waals surface area contributed by atoms with Crippen LogP contribution in [0, 0.1) is 0 Å². The van der Waals surface area contributed by atoms with E-state index in [0.717, 1.165) is 11.3 Å². The van der Waals surface area contributed by atoms with Crippen LogP contribution in [0.15, 0.2) is 48.5 Å². The van der Waals surface area contributed by atoms with E-state index in [-0.39, 0.29) is 5.91 Å². The number of carbonyl (C=O) groups is 1. The summed E-state index contributed by atoms with van der Waals surface area (Å²) in [6, 6.07) is 14.3. The van der Waals surface area contributed by atoms with E-state index in [0.29, 0.717) is 20.9 Å². The predicted octanol–water partition coefficient (Wildman–Crippen LogP) is 4.27. The third kappa shape index (κ3) is 4.50. The fourth-order valence-corrected chi connectivity index (χ4v) is 3.06. The third-order valence-corrected chi connectivity index (χ3v) is 4.59. The number of halogens is 1. The molecule has 0 aliphatic carbocycles. The second kappa shape index (κ2) is 8.16. The van der Waals surface area contributed by atoms with Crippen molar-refractivity contribution in [1.82, 2.24) is 10.2 Å². The Balaban J connectivity index is 1.63. The number of amides is 1. The van der Waals surface area contributed by atoms with Crippen molar-refractivity contribution < 1.29 is 14.3 Å². The number of hydrogen-bond donors (Lipinski definition) is 1. The first-order valence-electron chi connectivity index (χ1n) is 7.76. The van der Waals surface area contributed by atoms with Gasteiger partial charge in [-0.25, -0.2) is 0 Å². The maximum Gasteiger partial charge on any atom is 0.266 e. The molecule has 26 heavy (non-hydrogen) atoms. The summed E-state index contributed by atoms with van der Waals surface area (Å²) in [6.07, 6.45) is -0.707. The van der Waals surface area contributed by atoms with Crippen molar-refractivity contribution in [3.05, 3.63) is 53.6 Å². The molecule has 1 aromatic heterocycles. The Hall–Kier alpha value is -2.64. The van der Waals surface area contributed by atoms with E-state index >= 15 is 0 Å². The van der Waals surface area contributed by atoms with Crippen molar-refractivity contribution in [3.8, 4) is 22.1 Å². The van der Waals surface area contributed by atoms with Gasteiger partial charge in [0.15, 0.2) is 6.10 Å². The number of ether oxygens (including phenoxy) is 2. The Bertz CT molecular complexity index is 899. The number of aromatic nitrogens is 2. The molecule has 1 N–H and O–H groups in total. The second-order valence-electron chi connectivity index (χ2n) is 5.35. The van der Waals surface area contributed by atoms with Crippen LogP contribution in [-0.2, 0) is 4.79 Å². The zero-order valence-electron chi connectivity index (χ0n) is 14.1. The van der Waals surface area contributed by atoms with E-state index in [4.69, 9.17) is 21.1 Å². The third-order valence-electron chi connectivity index (χ3n) is 3.47. The van der Waals surface area contributed by atoms with E-state index < -0.39 is 6.10 Å². The highest BCUT2D eigenvalue weighted by Crippen LogP contribution is 2.28. The van der Waals surface area contributed by atoms with Crippen LogP contribution >= 0.6 is 22.9 Å². The summed E-state index contributed by atoms with van der Waals surface area (Å²) in [5.41, 5.74) is 0.895. The molecular formula is C18H16ClN3O3S. The number of nitrogens with one attached hydrogen (secondary N) is 1. The van der Waals surface area contributed by atoms with Crippen molar-refractivity contribution in [2.24, 2.45) is 0 Å². The quantitative estimate of drug-likeness (QED) is 0.681. The van der Waals surface area contributed by atoms with Gasteiger partial charge in [-0.05, 0) is 49.4 Å². The van der Waals surface area contributed by atoms with E-state index in [1.807, 2.05) is 24.3 Å². The fraction of sp³-hybridized carbons (Fsp3) is 0.167. The first-order chi connectivity index (χ1) is 12.5. The number of anilines is 1. The summed E-state index contributed by atoms with van der Waals surface area (Å²) in [5.74, 6) is 0.970. The molecule has 1 atom stereocenters. The van der Waals surface area contributed by atoms with Gasteiger partial charge in [-0.3, -0.25) is 10.1 Å². The standard InChI is InChI=1S/C18H16ClN3O3S/c1-11(25-15-5-3-4-13(19)10-15)16(23)20-18-22-21-17(26-18)12-6-8-14(24-2)9-7-12/h3-11H,1-2H3,(H,20,22,23). The van der Waals surface area contributed by atoms with Crippen molar-refractivity contribution in [2.45, 2.75) is 13.0 Å². The second-order valence-corrected chi connectivity index (χ2v) is 6.76. The van der Waals surface area contributed by atoms with Gasteiger partial charge in [0.25, 0.3) is 5.91 Å². The molecule has 2 aromatic carbocycles. The number of methoxy groups -OCH3 is 1. The molecule has 1 amide bonds. The topological polar surface area (TPSA) is 73.3 Å². The van der Waals surface area contributed by atoms with E-state index in [9.17, 15) is 4.79 Å². The minimum atomic E-state index is -0.707. The summed E-state index contributed by atoms with van der Waals surface area (Å²) < 4.78 is 10.7. The summed E-state index contributed by atoms with van der Waals surface area (Å²) in [4.78, 5) is 12.3. The van der Waals surface area contributed by atoms with Gasteiger partial charge in [0.05, 0.1) is 7.11 Å². The van der Waals surface area contributed by atoms with E-state index in [1.165, 1.54) is 11.3 Å². The molecule has 0 saturated heterocycles. The van der Waals surface area contributed by atoms with Crippen molar-refractivity contribution in [3.63, 3.8) is 0 Å². The van der Waals surface area contributed by atoms with Crippen LogP contribution in [0.2, 0.25) is 5.02 Å². The largest absolute Gasteiger partial charge is 0.497 e. The molecule has 0 bridgehead atoms. The van der Waals surface area contributed by atoms with Crippen LogP contribution < -0.4 is 14.8 Å². The van der Waals surface area contributed by atoms with E-state index in [1.54, 1.807) is 38.3 Å². The molecule has 3 aromatic rings. The Morgan fingerprint density at radius 3 is 2.62 bits per heavy atom. The molecule has 1 unspecified atom stereocenters. The van der Waals surface area contributed by atoms with Crippen LogP contribution in [0.1, 0.15) is 6.92 Å². The highest BCUT2D eigenvalue weighted by atomic mass is 35.5. The summed E-state index contributed by atoms with van der Waals surface area (Å²) >= 11 is 7.19.